The van der Waals surface area contributed by atoms with Crippen LogP contribution in [-0.4, -0.2) is 6.54 Å². The predicted molar refractivity (Wildman–Crippen MR) is 89.1 cm³/mol. The third-order valence-corrected chi connectivity index (χ3v) is 3.98. The fraction of sp³-hybridized carbons (Fsp3) is 0.176. The van der Waals surface area contributed by atoms with Gasteiger partial charge in [0.05, 0.1) is 10.0 Å². The summed E-state index contributed by atoms with van der Waals surface area (Å²) in [6.45, 7) is 3.82. The molecule has 0 amide bonds. The molecule has 0 bridgehead atoms. The van der Waals surface area contributed by atoms with Gasteiger partial charge in [-0.2, -0.15) is 0 Å². The number of benzene rings is 2. The Balaban J connectivity index is 2.00. The molecule has 4 heteroatoms. The van der Waals surface area contributed by atoms with Gasteiger partial charge in [-0.15, -0.1) is 0 Å². The van der Waals surface area contributed by atoms with E-state index in [0.717, 1.165) is 35.4 Å². The van der Waals surface area contributed by atoms with Crippen LogP contribution in [0.5, 0.6) is 0 Å². The van der Waals surface area contributed by atoms with Crippen LogP contribution in [0.4, 0.5) is 0 Å². The molecule has 21 heavy (non-hydrogen) atoms. The van der Waals surface area contributed by atoms with Crippen LogP contribution in [0.1, 0.15) is 12.5 Å². The van der Waals surface area contributed by atoms with Crippen molar-refractivity contribution in [3.63, 3.8) is 0 Å². The predicted octanol–water partition coefficient (Wildman–Crippen LogP) is 5.52. The first-order valence-corrected chi connectivity index (χ1v) is 7.62. The zero-order valence-electron chi connectivity index (χ0n) is 11.6. The van der Waals surface area contributed by atoms with Crippen molar-refractivity contribution in [3.05, 3.63) is 58.1 Å². The first-order chi connectivity index (χ1) is 10.2. The van der Waals surface area contributed by atoms with Gasteiger partial charge in [-0.3, -0.25) is 0 Å². The molecule has 3 rings (SSSR count). The van der Waals surface area contributed by atoms with E-state index in [1.165, 1.54) is 0 Å². The van der Waals surface area contributed by atoms with Gasteiger partial charge < -0.3 is 9.73 Å². The molecular formula is C17H15Cl2NO. The van der Waals surface area contributed by atoms with E-state index >= 15 is 0 Å². The first kappa shape index (κ1) is 14.5. The Morgan fingerprint density at radius 3 is 2.62 bits per heavy atom. The van der Waals surface area contributed by atoms with E-state index in [1.54, 1.807) is 0 Å². The second kappa shape index (κ2) is 6.10. The van der Waals surface area contributed by atoms with Crippen molar-refractivity contribution in [1.82, 2.24) is 5.32 Å². The molecule has 0 spiro atoms. The molecule has 2 aromatic carbocycles. The third kappa shape index (κ3) is 2.93. The Hall–Kier alpha value is -1.48. The molecule has 0 radical (unpaired) electrons. The molecule has 3 aromatic rings. The smallest absolute Gasteiger partial charge is 0.153 e. The summed E-state index contributed by atoms with van der Waals surface area (Å²) in [4.78, 5) is 0. The highest BCUT2D eigenvalue weighted by atomic mass is 35.5. The molecule has 0 aliphatic rings. The highest BCUT2D eigenvalue weighted by molar-refractivity contribution is 6.35. The van der Waals surface area contributed by atoms with Crippen LogP contribution in [0.3, 0.4) is 0 Å². The molecule has 0 saturated heterocycles. The van der Waals surface area contributed by atoms with Crippen LogP contribution in [0, 0.1) is 0 Å². The second-order valence-corrected chi connectivity index (χ2v) is 5.68. The van der Waals surface area contributed by atoms with Gasteiger partial charge in [0.1, 0.15) is 5.76 Å². The molecule has 0 saturated carbocycles. The Labute approximate surface area is 133 Å². The number of hydrogen-bond acceptors (Lipinski definition) is 2. The molecule has 0 fully saturated rings. The van der Waals surface area contributed by atoms with E-state index < -0.39 is 0 Å². The highest BCUT2D eigenvalue weighted by Crippen LogP contribution is 2.35. The van der Waals surface area contributed by atoms with Gasteiger partial charge in [-0.25, -0.2) is 0 Å². The van der Waals surface area contributed by atoms with Crippen molar-refractivity contribution in [2.45, 2.75) is 13.5 Å². The van der Waals surface area contributed by atoms with E-state index in [9.17, 15) is 0 Å². The van der Waals surface area contributed by atoms with Crippen molar-refractivity contribution in [1.29, 1.82) is 0 Å². The third-order valence-electron chi connectivity index (χ3n) is 3.37. The van der Waals surface area contributed by atoms with Gasteiger partial charge in [0.2, 0.25) is 0 Å². The fourth-order valence-corrected chi connectivity index (χ4v) is 2.81. The van der Waals surface area contributed by atoms with Crippen molar-refractivity contribution >= 4 is 34.2 Å². The molecule has 0 atom stereocenters. The van der Waals surface area contributed by atoms with E-state index in [0.29, 0.717) is 15.6 Å². The summed E-state index contributed by atoms with van der Waals surface area (Å²) in [5.41, 5.74) is 2.73. The first-order valence-electron chi connectivity index (χ1n) is 6.86. The normalized spacial score (nSPS) is 11.2. The molecule has 0 aliphatic heterocycles. The van der Waals surface area contributed by atoms with Gasteiger partial charge in [-0.1, -0.05) is 48.3 Å². The molecular weight excluding hydrogens is 305 g/mol. The van der Waals surface area contributed by atoms with E-state index in [-0.39, 0.29) is 0 Å². The molecule has 1 heterocycles. The van der Waals surface area contributed by atoms with Crippen molar-refractivity contribution in [2.24, 2.45) is 0 Å². The van der Waals surface area contributed by atoms with Gasteiger partial charge in [0.15, 0.2) is 5.58 Å². The minimum atomic E-state index is 0.610. The molecule has 1 aromatic heterocycles. The second-order valence-electron chi connectivity index (χ2n) is 4.86. The lowest BCUT2D eigenvalue weighted by Gasteiger charge is -2.05. The standard InChI is InChI=1S/C17H15Cl2NO/c1-2-20-10-11-6-7-13(15(19)8-11)16-9-12-4-3-5-14(18)17(12)21-16/h3-9,20H,2,10H2,1H3. The van der Waals surface area contributed by atoms with Gasteiger partial charge >= 0.3 is 0 Å². The molecule has 0 unspecified atom stereocenters. The SMILES string of the molecule is CCNCc1ccc(-c2cc3cccc(Cl)c3o2)c(Cl)c1. The average Bonchev–Trinajstić information content (AvgIpc) is 2.90. The molecule has 0 aliphatic carbocycles. The van der Waals surface area contributed by atoms with Crippen molar-refractivity contribution in [2.75, 3.05) is 6.54 Å². The fourth-order valence-electron chi connectivity index (χ4n) is 2.30. The number of nitrogens with one attached hydrogen (secondary N) is 1. The summed E-state index contributed by atoms with van der Waals surface area (Å²) in [6, 6.07) is 13.7. The molecule has 2 nitrogen and oxygen atoms in total. The largest absolute Gasteiger partial charge is 0.454 e. The summed E-state index contributed by atoms with van der Waals surface area (Å²) >= 11 is 12.5. The van der Waals surface area contributed by atoms with Crippen molar-refractivity contribution in [3.8, 4) is 11.3 Å². The average molecular weight is 320 g/mol. The lowest BCUT2D eigenvalue weighted by Crippen LogP contribution is -2.11. The van der Waals surface area contributed by atoms with Crippen LogP contribution in [0.2, 0.25) is 10.0 Å². The quantitative estimate of drug-likeness (QED) is 0.685. The Bertz CT molecular complexity index is 780. The number of rotatable bonds is 4. The molecule has 1 N–H and O–H groups in total. The van der Waals surface area contributed by atoms with Gasteiger partial charge in [-0.05, 0) is 36.4 Å². The van der Waals surface area contributed by atoms with Crippen LogP contribution < -0.4 is 5.32 Å². The zero-order valence-corrected chi connectivity index (χ0v) is 13.1. The zero-order chi connectivity index (χ0) is 14.8. The summed E-state index contributed by atoms with van der Waals surface area (Å²) in [5, 5.41) is 5.55. The van der Waals surface area contributed by atoms with Crippen molar-refractivity contribution < 1.29 is 4.42 Å². The number of furan rings is 1. The summed E-state index contributed by atoms with van der Waals surface area (Å²) in [5.74, 6) is 0.734. The van der Waals surface area contributed by atoms with E-state index in [2.05, 4.69) is 18.3 Å². The maximum atomic E-state index is 6.39. The summed E-state index contributed by atoms with van der Waals surface area (Å²) in [7, 11) is 0. The Morgan fingerprint density at radius 2 is 1.90 bits per heavy atom. The lowest BCUT2D eigenvalue weighted by molar-refractivity contribution is 0.631. The van der Waals surface area contributed by atoms with Gasteiger partial charge in [0.25, 0.3) is 0 Å². The summed E-state index contributed by atoms with van der Waals surface area (Å²) < 4.78 is 5.85. The lowest BCUT2D eigenvalue weighted by atomic mass is 10.1. The van der Waals surface area contributed by atoms with E-state index in [4.69, 9.17) is 27.6 Å². The summed E-state index contributed by atoms with van der Waals surface area (Å²) in [6.07, 6.45) is 0. The van der Waals surface area contributed by atoms with Crippen LogP contribution >= 0.6 is 23.2 Å². The highest BCUT2D eigenvalue weighted by Gasteiger charge is 2.12. The minimum absolute atomic E-state index is 0.610. The van der Waals surface area contributed by atoms with Crippen LogP contribution in [0.15, 0.2) is 46.9 Å². The number of hydrogen-bond donors (Lipinski definition) is 1. The van der Waals surface area contributed by atoms with Crippen LogP contribution in [0.25, 0.3) is 22.3 Å². The maximum absolute atomic E-state index is 6.39. The number of halogens is 2. The topological polar surface area (TPSA) is 25.2 Å². The minimum Gasteiger partial charge on any atom is -0.454 e. The Kier molecular flexibility index (Phi) is 4.20. The van der Waals surface area contributed by atoms with Gasteiger partial charge in [0, 0.05) is 17.5 Å². The Morgan fingerprint density at radius 1 is 1.05 bits per heavy atom. The van der Waals surface area contributed by atoms with E-state index in [1.807, 2.05) is 36.4 Å². The monoisotopic (exact) mass is 319 g/mol. The van der Waals surface area contributed by atoms with Crippen LogP contribution in [-0.2, 0) is 6.54 Å². The maximum Gasteiger partial charge on any atom is 0.153 e. The number of fused-ring (bicyclic) bond motifs is 1. The number of para-hydroxylation sites is 1. The molecule has 108 valence electrons.